The van der Waals surface area contributed by atoms with Crippen LogP contribution in [0.1, 0.15) is 72.6 Å². The van der Waals surface area contributed by atoms with Crippen LogP contribution < -0.4 is 11.1 Å². The Morgan fingerprint density at radius 3 is 1.96 bits per heavy atom. The second-order valence-electron chi connectivity index (χ2n) is 7.74. The van der Waals surface area contributed by atoms with Gasteiger partial charge in [0.05, 0.1) is 0 Å². The van der Waals surface area contributed by atoms with Gasteiger partial charge < -0.3 is 20.5 Å². The third-order valence-corrected chi connectivity index (χ3v) is 4.43. The van der Waals surface area contributed by atoms with E-state index in [2.05, 4.69) is 51.2 Å². The van der Waals surface area contributed by atoms with Crippen LogP contribution in [0.4, 0.5) is 0 Å². The second kappa shape index (κ2) is 20.8. The Hall–Kier alpha value is -0.940. The molecule has 0 amide bonds. The first kappa shape index (κ1) is 27.1. The molecule has 4 heteroatoms. The van der Waals surface area contributed by atoms with Crippen LogP contribution in [0.3, 0.4) is 0 Å². The van der Waals surface area contributed by atoms with Crippen molar-refractivity contribution in [2.45, 2.75) is 72.6 Å². The normalized spacial score (nSPS) is 12.5. The number of rotatable bonds is 19. The van der Waals surface area contributed by atoms with Gasteiger partial charge in [0.25, 0.3) is 0 Å². The molecule has 28 heavy (non-hydrogen) atoms. The minimum absolute atomic E-state index is 0.700. The first-order valence-corrected chi connectivity index (χ1v) is 11.1. The average Bonchev–Trinajstić information content (AvgIpc) is 2.65. The van der Waals surface area contributed by atoms with Crippen molar-refractivity contribution in [3.05, 3.63) is 34.9 Å². The zero-order chi connectivity index (χ0) is 20.9. The molecule has 4 nitrogen and oxygen atoms in total. The Kier molecular flexibility index (Phi) is 20.1. The highest BCUT2D eigenvalue weighted by molar-refractivity contribution is 5.05. The molecule has 0 aliphatic rings. The monoisotopic (exact) mass is 394 g/mol. The van der Waals surface area contributed by atoms with Gasteiger partial charge in [-0.3, -0.25) is 0 Å². The van der Waals surface area contributed by atoms with Gasteiger partial charge in [0.15, 0.2) is 0 Å². The molecular formula is C24H46N2O2. The largest absolute Gasteiger partial charge is 0.381 e. The van der Waals surface area contributed by atoms with Crippen LogP contribution in [-0.2, 0) is 9.47 Å². The maximum absolute atomic E-state index is 5.61. The molecule has 0 bridgehead atoms. The molecule has 0 spiro atoms. The molecule has 0 unspecified atom stereocenters. The first-order chi connectivity index (χ1) is 13.6. The Labute approximate surface area is 174 Å². The van der Waals surface area contributed by atoms with Crippen LogP contribution in [0.2, 0.25) is 0 Å². The van der Waals surface area contributed by atoms with E-state index in [1.807, 2.05) is 0 Å². The molecule has 0 radical (unpaired) electrons. The van der Waals surface area contributed by atoms with E-state index in [-0.39, 0.29) is 0 Å². The van der Waals surface area contributed by atoms with Gasteiger partial charge in [-0.2, -0.15) is 0 Å². The molecular weight excluding hydrogens is 348 g/mol. The number of ether oxygens (including phenoxy) is 2. The maximum Gasteiger partial charge on any atom is 0.0487 e. The summed E-state index contributed by atoms with van der Waals surface area (Å²) >= 11 is 0. The van der Waals surface area contributed by atoms with Crippen LogP contribution in [-0.4, -0.2) is 46.1 Å². The fraction of sp³-hybridized carbons (Fsp3) is 0.750. The molecule has 0 aromatic heterocycles. The minimum atomic E-state index is 0.700. The third-order valence-electron chi connectivity index (χ3n) is 4.43. The summed E-state index contributed by atoms with van der Waals surface area (Å²) in [5.74, 6) is 0. The maximum atomic E-state index is 5.61. The van der Waals surface area contributed by atoms with Crippen LogP contribution in [0.15, 0.2) is 34.9 Å². The molecule has 0 saturated heterocycles. The van der Waals surface area contributed by atoms with E-state index in [1.165, 1.54) is 23.1 Å². The van der Waals surface area contributed by atoms with Crippen molar-refractivity contribution in [1.82, 2.24) is 5.32 Å². The van der Waals surface area contributed by atoms with E-state index in [1.54, 1.807) is 0 Å². The fourth-order valence-corrected chi connectivity index (χ4v) is 2.64. The lowest BCUT2D eigenvalue weighted by Crippen LogP contribution is -2.17. The summed E-state index contributed by atoms with van der Waals surface area (Å²) in [7, 11) is 0. The van der Waals surface area contributed by atoms with Crippen LogP contribution in [0.5, 0.6) is 0 Å². The zero-order valence-corrected chi connectivity index (χ0v) is 19.0. The number of hydrogen-bond acceptors (Lipinski definition) is 4. The van der Waals surface area contributed by atoms with Crippen LogP contribution >= 0.6 is 0 Å². The molecule has 0 rings (SSSR count). The topological polar surface area (TPSA) is 56.5 Å². The highest BCUT2D eigenvalue weighted by atomic mass is 16.5. The Bertz CT molecular complexity index is 438. The van der Waals surface area contributed by atoms with Gasteiger partial charge in [0.2, 0.25) is 0 Å². The highest BCUT2D eigenvalue weighted by Crippen LogP contribution is 2.11. The minimum Gasteiger partial charge on any atom is -0.381 e. The van der Waals surface area contributed by atoms with Gasteiger partial charge in [0, 0.05) is 33.0 Å². The first-order valence-electron chi connectivity index (χ1n) is 11.1. The Morgan fingerprint density at radius 1 is 0.750 bits per heavy atom. The van der Waals surface area contributed by atoms with Crippen molar-refractivity contribution in [2.24, 2.45) is 5.73 Å². The summed E-state index contributed by atoms with van der Waals surface area (Å²) in [6.07, 6.45) is 14.6. The van der Waals surface area contributed by atoms with Crippen LogP contribution in [0.25, 0.3) is 0 Å². The summed E-state index contributed by atoms with van der Waals surface area (Å²) in [5.41, 5.74) is 9.79. The van der Waals surface area contributed by atoms with Crippen molar-refractivity contribution < 1.29 is 9.47 Å². The lowest BCUT2D eigenvalue weighted by atomic mass is 10.1. The molecule has 0 heterocycles. The molecule has 3 N–H and O–H groups in total. The van der Waals surface area contributed by atoms with Gasteiger partial charge >= 0.3 is 0 Å². The smallest absolute Gasteiger partial charge is 0.0487 e. The van der Waals surface area contributed by atoms with Crippen molar-refractivity contribution in [3.8, 4) is 0 Å². The van der Waals surface area contributed by atoms with Crippen molar-refractivity contribution >= 4 is 0 Å². The van der Waals surface area contributed by atoms with Crippen molar-refractivity contribution in [2.75, 3.05) is 46.1 Å². The van der Waals surface area contributed by atoms with Gasteiger partial charge in [0.1, 0.15) is 0 Å². The Balaban J connectivity index is 3.48. The zero-order valence-electron chi connectivity index (χ0n) is 19.0. The lowest BCUT2D eigenvalue weighted by molar-refractivity contribution is 0.0815. The average molecular weight is 395 g/mol. The van der Waals surface area contributed by atoms with Crippen LogP contribution in [0, 0.1) is 0 Å². The summed E-state index contributed by atoms with van der Waals surface area (Å²) in [4.78, 5) is 0. The molecule has 0 aliphatic carbocycles. The van der Waals surface area contributed by atoms with Gasteiger partial charge in [-0.05, 0) is 85.7 Å². The predicted molar refractivity (Wildman–Crippen MR) is 123 cm³/mol. The van der Waals surface area contributed by atoms with Gasteiger partial charge in [-0.15, -0.1) is 0 Å². The molecule has 0 fully saturated rings. The molecule has 0 aromatic carbocycles. The molecule has 0 aliphatic heterocycles. The molecule has 0 saturated carbocycles. The number of nitrogens with two attached hydrogens (primary N) is 1. The molecule has 164 valence electrons. The fourth-order valence-electron chi connectivity index (χ4n) is 2.64. The number of nitrogens with one attached hydrogen (secondary N) is 1. The lowest BCUT2D eigenvalue weighted by Gasteiger charge is -2.06. The quantitative estimate of drug-likeness (QED) is 0.235. The molecule has 0 aromatic rings. The second-order valence-corrected chi connectivity index (χ2v) is 7.74. The number of allylic oxidation sites excluding steroid dienone is 5. The molecule has 0 atom stereocenters. The Morgan fingerprint density at radius 2 is 1.32 bits per heavy atom. The predicted octanol–water partition coefficient (Wildman–Crippen LogP) is 5.16. The van der Waals surface area contributed by atoms with E-state index in [0.717, 1.165) is 78.0 Å². The SMILES string of the molecule is CC(C)=CCC/C(C)=C/CC/C(C)=C/CNCCCOCCCOCCCN. The van der Waals surface area contributed by atoms with Crippen molar-refractivity contribution in [3.63, 3.8) is 0 Å². The summed E-state index contributed by atoms with van der Waals surface area (Å²) in [6, 6.07) is 0. The van der Waals surface area contributed by atoms with Crippen molar-refractivity contribution in [1.29, 1.82) is 0 Å². The summed E-state index contributed by atoms with van der Waals surface area (Å²) in [6.45, 7) is 14.6. The van der Waals surface area contributed by atoms with E-state index in [0.29, 0.717) is 6.54 Å². The summed E-state index contributed by atoms with van der Waals surface area (Å²) in [5, 5.41) is 3.46. The van der Waals surface area contributed by atoms with E-state index in [4.69, 9.17) is 15.2 Å². The van der Waals surface area contributed by atoms with Gasteiger partial charge in [-0.1, -0.05) is 34.9 Å². The van der Waals surface area contributed by atoms with E-state index >= 15 is 0 Å². The highest BCUT2D eigenvalue weighted by Gasteiger charge is 1.94. The number of hydrogen-bond donors (Lipinski definition) is 2. The van der Waals surface area contributed by atoms with E-state index in [9.17, 15) is 0 Å². The van der Waals surface area contributed by atoms with E-state index < -0.39 is 0 Å². The standard InChI is InChI=1S/C24H46N2O2/c1-22(2)10-5-11-23(3)12-6-13-24(4)14-17-26-16-8-19-28-21-9-20-27-18-7-15-25/h10,12,14,26H,5-9,11,13,15-21,25H2,1-4H3/b23-12+,24-14+. The third kappa shape index (κ3) is 21.4. The van der Waals surface area contributed by atoms with Gasteiger partial charge in [-0.25, -0.2) is 0 Å². The summed E-state index contributed by atoms with van der Waals surface area (Å²) < 4.78 is 11.1.